The Hall–Kier alpha value is -3.48. The third-order valence-electron chi connectivity index (χ3n) is 6.12. The number of rotatable bonds is 5. The molecule has 1 aliphatic rings. The van der Waals surface area contributed by atoms with Crippen LogP contribution in [0.2, 0.25) is 0 Å². The number of H-pyrrole nitrogens is 1. The molecule has 1 fully saturated rings. The molecule has 1 aliphatic heterocycles. The van der Waals surface area contributed by atoms with E-state index in [4.69, 9.17) is 5.73 Å². The van der Waals surface area contributed by atoms with Gasteiger partial charge >= 0.3 is 0 Å². The number of nitrogen functional groups attached to an aromatic ring is 1. The van der Waals surface area contributed by atoms with Crippen LogP contribution in [0.25, 0.3) is 34.2 Å². The van der Waals surface area contributed by atoms with Crippen molar-refractivity contribution in [1.82, 2.24) is 25.0 Å². The molecular formula is C26H28N6. The summed E-state index contributed by atoms with van der Waals surface area (Å²) in [5, 5.41) is 8.75. The fraction of sp³-hybridized carbons (Fsp3) is 0.231. The topological polar surface area (TPSA) is 74.1 Å². The number of aromatic amines is 1. The lowest BCUT2D eigenvalue weighted by molar-refractivity contribution is 0.148. The molecule has 5 rings (SSSR count). The number of nitrogens with two attached hydrogens (primary N) is 1. The van der Waals surface area contributed by atoms with Crippen molar-refractivity contribution in [2.45, 2.75) is 6.54 Å². The Balaban J connectivity index is 1.28. The molecule has 0 atom stereocenters. The van der Waals surface area contributed by atoms with Gasteiger partial charge in [0.1, 0.15) is 5.82 Å². The van der Waals surface area contributed by atoms with Gasteiger partial charge in [-0.15, -0.1) is 0 Å². The van der Waals surface area contributed by atoms with Gasteiger partial charge in [-0.05, 0) is 59.6 Å². The van der Waals surface area contributed by atoms with Crippen molar-refractivity contribution in [2.75, 3.05) is 39.0 Å². The number of hydrogen-bond acceptors (Lipinski definition) is 5. The van der Waals surface area contributed by atoms with E-state index in [9.17, 15) is 0 Å². The average Bonchev–Trinajstić information content (AvgIpc) is 3.22. The SMILES string of the molecule is CN1CCN(Cc2ccc(/C=C/c3n[nH]c4cc(-c5ccnc(N)c5)ccc34)cc2)CC1. The normalized spacial score (nSPS) is 15.7. The quantitative estimate of drug-likeness (QED) is 0.504. The molecule has 2 aromatic heterocycles. The van der Waals surface area contributed by atoms with Crippen LogP contribution in [0.15, 0.2) is 60.8 Å². The van der Waals surface area contributed by atoms with Crippen molar-refractivity contribution in [3.8, 4) is 11.1 Å². The van der Waals surface area contributed by atoms with E-state index in [1.807, 2.05) is 12.1 Å². The number of nitrogens with one attached hydrogen (secondary N) is 1. The molecule has 162 valence electrons. The lowest BCUT2D eigenvalue weighted by Crippen LogP contribution is -2.43. The van der Waals surface area contributed by atoms with Gasteiger partial charge in [-0.3, -0.25) is 10.00 Å². The van der Waals surface area contributed by atoms with Gasteiger partial charge in [0, 0.05) is 44.3 Å². The Morgan fingerprint density at radius 2 is 1.72 bits per heavy atom. The van der Waals surface area contributed by atoms with Gasteiger partial charge in [-0.25, -0.2) is 4.98 Å². The van der Waals surface area contributed by atoms with E-state index in [0.717, 1.165) is 60.4 Å². The van der Waals surface area contributed by atoms with Crippen LogP contribution in [-0.4, -0.2) is 58.2 Å². The summed E-state index contributed by atoms with van der Waals surface area (Å²) in [4.78, 5) is 8.98. The molecule has 1 saturated heterocycles. The molecule has 3 N–H and O–H groups in total. The summed E-state index contributed by atoms with van der Waals surface area (Å²) in [6.07, 6.45) is 5.91. The number of nitrogens with zero attached hydrogens (tertiary/aromatic N) is 4. The summed E-state index contributed by atoms with van der Waals surface area (Å²) < 4.78 is 0. The molecule has 0 saturated carbocycles. The maximum absolute atomic E-state index is 5.82. The monoisotopic (exact) mass is 424 g/mol. The first-order valence-corrected chi connectivity index (χ1v) is 11.0. The summed E-state index contributed by atoms with van der Waals surface area (Å²) >= 11 is 0. The molecular weight excluding hydrogens is 396 g/mol. The molecule has 4 aromatic rings. The zero-order chi connectivity index (χ0) is 21.9. The second kappa shape index (κ2) is 8.94. The average molecular weight is 425 g/mol. The highest BCUT2D eigenvalue weighted by Gasteiger charge is 2.13. The molecule has 2 aromatic carbocycles. The predicted octanol–water partition coefficient (Wildman–Crippen LogP) is 4.12. The van der Waals surface area contributed by atoms with E-state index < -0.39 is 0 Å². The van der Waals surface area contributed by atoms with Crippen LogP contribution < -0.4 is 5.73 Å². The molecule has 3 heterocycles. The van der Waals surface area contributed by atoms with Crippen molar-refractivity contribution in [1.29, 1.82) is 0 Å². The number of likely N-dealkylation sites (N-methyl/N-ethyl adjacent to an activating group) is 1. The van der Waals surface area contributed by atoms with E-state index in [1.165, 1.54) is 11.1 Å². The Morgan fingerprint density at radius 1 is 0.938 bits per heavy atom. The van der Waals surface area contributed by atoms with Crippen LogP contribution >= 0.6 is 0 Å². The van der Waals surface area contributed by atoms with Gasteiger partial charge in [-0.1, -0.05) is 36.4 Å². The number of fused-ring (bicyclic) bond motifs is 1. The van der Waals surface area contributed by atoms with Gasteiger partial charge < -0.3 is 10.6 Å². The second-order valence-corrected chi connectivity index (χ2v) is 8.49. The predicted molar refractivity (Wildman–Crippen MR) is 132 cm³/mol. The molecule has 0 amide bonds. The van der Waals surface area contributed by atoms with Crippen LogP contribution in [0.4, 0.5) is 5.82 Å². The number of pyridine rings is 1. The van der Waals surface area contributed by atoms with Gasteiger partial charge in [-0.2, -0.15) is 5.10 Å². The lowest BCUT2D eigenvalue weighted by atomic mass is 10.0. The lowest BCUT2D eigenvalue weighted by Gasteiger charge is -2.32. The summed E-state index contributed by atoms with van der Waals surface area (Å²) in [6, 6.07) is 19.0. The molecule has 0 unspecified atom stereocenters. The summed E-state index contributed by atoms with van der Waals surface area (Å²) in [7, 11) is 2.19. The van der Waals surface area contributed by atoms with Gasteiger partial charge in [0.25, 0.3) is 0 Å². The molecule has 0 spiro atoms. The number of aromatic nitrogens is 3. The third-order valence-corrected chi connectivity index (χ3v) is 6.12. The first-order valence-electron chi connectivity index (χ1n) is 11.0. The zero-order valence-electron chi connectivity index (χ0n) is 18.3. The Labute approximate surface area is 188 Å². The minimum atomic E-state index is 0.519. The minimum Gasteiger partial charge on any atom is -0.384 e. The zero-order valence-corrected chi connectivity index (χ0v) is 18.3. The maximum atomic E-state index is 5.82. The summed E-state index contributed by atoms with van der Waals surface area (Å²) in [6.45, 7) is 5.60. The molecule has 0 bridgehead atoms. The largest absolute Gasteiger partial charge is 0.384 e. The highest BCUT2D eigenvalue weighted by atomic mass is 15.2. The van der Waals surface area contributed by atoms with Crippen molar-refractivity contribution >= 4 is 28.9 Å². The maximum Gasteiger partial charge on any atom is 0.123 e. The highest BCUT2D eigenvalue weighted by molar-refractivity contribution is 5.92. The van der Waals surface area contributed by atoms with Gasteiger partial charge in [0.2, 0.25) is 0 Å². The molecule has 0 radical (unpaired) electrons. The summed E-state index contributed by atoms with van der Waals surface area (Å²) in [5.74, 6) is 0.519. The van der Waals surface area contributed by atoms with E-state index >= 15 is 0 Å². The molecule has 6 nitrogen and oxygen atoms in total. The summed E-state index contributed by atoms with van der Waals surface area (Å²) in [5.41, 5.74) is 12.4. The van der Waals surface area contributed by atoms with Crippen LogP contribution in [0.5, 0.6) is 0 Å². The van der Waals surface area contributed by atoms with Crippen LogP contribution in [-0.2, 0) is 6.54 Å². The van der Waals surface area contributed by atoms with Gasteiger partial charge in [0.05, 0.1) is 11.2 Å². The Kier molecular flexibility index (Phi) is 5.71. The van der Waals surface area contributed by atoms with Crippen molar-refractivity contribution in [2.24, 2.45) is 0 Å². The Bertz CT molecular complexity index is 1230. The van der Waals surface area contributed by atoms with Gasteiger partial charge in [0.15, 0.2) is 0 Å². The molecule has 32 heavy (non-hydrogen) atoms. The number of benzene rings is 2. The smallest absolute Gasteiger partial charge is 0.123 e. The number of anilines is 1. The van der Waals surface area contributed by atoms with E-state index in [2.05, 4.69) is 86.6 Å². The molecule has 6 heteroatoms. The van der Waals surface area contributed by atoms with Crippen molar-refractivity contribution < 1.29 is 0 Å². The van der Waals surface area contributed by atoms with Crippen molar-refractivity contribution in [3.05, 3.63) is 77.6 Å². The minimum absolute atomic E-state index is 0.519. The third kappa shape index (κ3) is 4.56. The van der Waals surface area contributed by atoms with E-state index in [1.54, 1.807) is 6.20 Å². The van der Waals surface area contributed by atoms with Crippen molar-refractivity contribution in [3.63, 3.8) is 0 Å². The van der Waals surface area contributed by atoms with Crippen LogP contribution in [0, 0.1) is 0 Å². The Morgan fingerprint density at radius 3 is 2.50 bits per heavy atom. The van der Waals surface area contributed by atoms with Crippen LogP contribution in [0.3, 0.4) is 0 Å². The highest BCUT2D eigenvalue weighted by Crippen LogP contribution is 2.26. The van der Waals surface area contributed by atoms with Crippen LogP contribution in [0.1, 0.15) is 16.8 Å². The fourth-order valence-electron chi connectivity index (χ4n) is 4.15. The van der Waals surface area contributed by atoms with E-state index in [0.29, 0.717) is 5.82 Å². The number of piperazine rings is 1. The first kappa shape index (κ1) is 20.4. The standard InChI is InChI=1S/C26H28N6/c1-31-12-14-32(15-13-31)18-20-4-2-19(3-5-20)6-9-24-23-8-7-21(16-25(23)30-29-24)22-10-11-28-26(27)17-22/h2-11,16-17H,12-15,18H2,1H3,(H2,27,28)(H,29,30)/b9-6+. The fourth-order valence-corrected chi connectivity index (χ4v) is 4.15. The second-order valence-electron chi connectivity index (χ2n) is 8.49. The first-order chi connectivity index (χ1) is 15.6. The number of hydrogen-bond donors (Lipinski definition) is 2. The molecule has 0 aliphatic carbocycles. The van der Waals surface area contributed by atoms with E-state index in [-0.39, 0.29) is 0 Å².